The van der Waals surface area contributed by atoms with Gasteiger partial charge in [0.05, 0.1) is 0 Å². The summed E-state index contributed by atoms with van der Waals surface area (Å²) >= 11 is 0. The lowest BCUT2D eigenvalue weighted by Gasteiger charge is -2.04. The van der Waals surface area contributed by atoms with Crippen LogP contribution in [0.5, 0.6) is 0 Å². The van der Waals surface area contributed by atoms with Gasteiger partial charge in [0.2, 0.25) is 0 Å². The van der Waals surface area contributed by atoms with Crippen LogP contribution in [0.1, 0.15) is 53.2 Å². The highest BCUT2D eigenvalue weighted by atomic mass is 16.2. The lowest BCUT2D eigenvalue weighted by molar-refractivity contribution is 0.0983. The van der Waals surface area contributed by atoms with E-state index in [4.69, 9.17) is 11.5 Å². The number of amides is 2. The van der Waals surface area contributed by atoms with Crippen molar-refractivity contribution in [3.8, 4) is 0 Å². The summed E-state index contributed by atoms with van der Waals surface area (Å²) in [6.45, 7) is 4.45. The molecule has 94 valence electrons. The number of carbonyl (C=O) groups is 2. The van der Waals surface area contributed by atoms with Crippen LogP contribution in [0, 0.1) is 0 Å². The first-order valence-corrected chi connectivity index (χ1v) is 5.72. The Kier molecular flexibility index (Phi) is 4.25. The van der Waals surface area contributed by atoms with Crippen LogP contribution in [0.4, 0.5) is 0 Å². The number of primary amides is 2. The summed E-state index contributed by atoms with van der Waals surface area (Å²) < 4.78 is 1.48. The number of aromatic nitrogens is 2. The van der Waals surface area contributed by atoms with Gasteiger partial charge in [0.15, 0.2) is 5.69 Å². The van der Waals surface area contributed by atoms with E-state index in [1.165, 1.54) is 4.68 Å². The van der Waals surface area contributed by atoms with Gasteiger partial charge in [-0.15, -0.1) is 0 Å². The van der Waals surface area contributed by atoms with Crippen molar-refractivity contribution in [2.24, 2.45) is 11.5 Å². The molecule has 0 aromatic carbocycles. The van der Waals surface area contributed by atoms with Gasteiger partial charge < -0.3 is 11.5 Å². The molecule has 0 bridgehead atoms. The summed E-state index contributed by atoms with van der Waals surface area (Å²) in [5, 5.41) is 4.08. The molecular formula is C11H18N4O2. The molecule has 6 nitrogen and oxygen atoms in total. The Morgan fingerprint density at radius 3 is 2.24 bits per heavy atom. The Morgan fingerprint density at radius 2 is 1.82 bits per heavy atom. The Morgan fingerprint density at radius 1 is 1.18 bits per heavy atom. The van der Waals surface area contributed by atoms with Crippen LogP contribution in [0.15, 0.2) is 0 Å². The molecule has 1 heterocycles. The van der Waals surface area contributed by atoms with E-state index < -0.39 is 11.8 Å². The van der Waals surface area contributed by atoms with Crippen molar-refractivity contribution < 1.29 is 9.59 Å². The number of nitrogens with zero attached hydrogens (tertiary/aromatic N) is 2. The quantitative estimate of drug-likeness (QED) is 0.751. The molecule has 17 heavy (non-hydrogen) atoms. The lowest BCUT2D eigenvalue weighted by atomic mass is 10.1. The molecule has 0 saturated heterocycles. The smallest absolute Gasteiger partial charge is 0.269 e. The molecule has 1 aromatic rings. The molecule has 0 fully saturated rings. The monoisotopic (exact) mass is 238 g/mol. The van der Waals surface area contributed by atoms with Gasteiger partial charge in [-0.3, -0.25) is 14.3 Å². The molecule has 6 heteroatoms. The minimum absolute atomic E-state index is 0.161. The third kappa shape index (κ3) is 2.64. The van der Waals surface area contributed by atoms with E-state index >= 15 is 0 Å². The number of hydrogen-bond donors (Lipinski definition) is 2. The second-order valence-electron chi connectivity index (χ2n) is 3.88. The minimum atomic E-state index is -0.620. The van der Waals surface area contributed by atoms with Gasteiger partial charge in [-0.05, 0) is 12.8 Å². The summed E-state index contributed by atoms with van der Waals surface area (Å²) in [5.41, 5.74) is 11.6. The third-order valence-corrected chi connectivity index (χ3v) is 2.45. The van der Waals surface area contributed by atoms with Crippen molar-refractivity contribution in [3.63, 3.8) is 0 Å². The first-order chi connectivity index (χ1) is 8.02. The van der Waals surface area contributed by atoms with Crippen LogP contribution in [-0.2, 0) is 13.0 Å². The van der Waals surface area contributed by atoms with Gasteiger partial charge in [0, 0.05) is 12.1 Å². The summed E-state index contributed by atoms with van der Waals surface area (Å²) in [4.78, 5) is 22.7. The fourth-order valence-corrected chi connectivity index (χ4v) is 1.83. The number of nitrogens with two attached hydrogens (primary N) is 2. The van der Waals surface area contributed by atoms with Crippen LogP contribution in [-0.4, -0.2) is 21.6 Å². The predicted octanol–water partition coefficient (Wildman–Crippen LogP) is 0.443. The van der Waals surface area contributed by atoms with Crippen LogP contribution in [0.25, 0.3) is 0 Å². The van der Waals surface area contributed by atoms with Crippen LogP contribution in [0.3, 0.4) is 0 Å². The topological polar surface area (TPSA) is 104 Å². The van der Waals surface area contributed by atoms with E-state index in [9.17, 15) is 9.59 Å². The van der Waals surface area contributed by atoms with Gasteiger partial charge in [-0.1, -0.05) is 20.3 Å². The Bertz CT molecular complexity index is 437. The molecule has 0 aliphatic heterocycles. The standard InChI is InChI=1S/C11H18N4O2/c1-3-5-7-8(10(12)16)14-15(6-4-2)9(7)11(13)17/h3-6H2,1-2H3,(H2,12,16)(H2,13,17). The van der Waals surface area contributed by atoms with Crippen molar-refractivity contribution in [2.45, 2.75) is 39.7 Å². The molecule has 1 aromatic heterocycles. The maximum Gasteiger partial charge on any atom is 0.269 e. The fourth-order valence-electron chi connectivity index (χ4n) is 1.83. The highest BCUT2D eigenvalue weighted by Gasteiger charge is 2.23. The van der Waals surface area contributed by atoms with E-state index in [0.717, 1.165) is 12.8 Å². The second-order valence-corrected chi connectivity index (χ2v) is 3.88. The zero-order valence-corrected chi connectivity index (χ0v) is 10.2. The molecule has 0 saturated carbocycles. The van der Waals surface area contributed by atoms with Gasteiger partial charge >= 0.3 is 0 Å². The molecule has 0 atom stereocenters. The average molecular weight is 238 g/mol. The van der Waals surface area contributed by atoms with E-state index in [2.05, 4.69) is 5.10 Å². The Hall–Kier alpha value is -1.85. The average Bonchev–Trinajstić information content (AvgIpc) is 2.58. The van der Waals surface area contributed by atoms with Crippen LogP contribution in [0.2, 0.25) is 0 Å². The summed E-state index contributed by atoms with van der Waals surface area (Å²) in [6.07, 6.45) is 2.16. The minimum Gasteiger partial charge on any atom is -0.364 e. The highest BCUT2D eigenvalue weighted by molar-refractivity contribution is 5.99. The van der Waals surface area contributed by atoms with E-state index in [1.54, 1.807) is 0 Å². The normalized spacial score (nSPS) is 10.5. The first-order valence-electron chi connectivity index (χ1n) is 5.72. The molecule has 0 spiro atoms. The van der Waals surface area contributed by atoms with E-state index in [-0.39, 0.29) is 5.69 Å². The molecule has 0 unspecified atom stereocenters. The second kappa shape index (κ2) is 5.47. The van der Waals surface area contributed by atoms with E-state index in [1.807, 2.05) is 13.8 Å². The highest BCUT2D eigenvalue weighted by Crippen LogP contribution is 2.16. The number of hydrogen-bond acceptors (Lipinski definition) is 3. The van der Waals surface area contributed by atoms with Crippen molar-refractivity contribution in [1.29, 1.82) is 0 Å². The van der Waals surface area contributed by atoms with Crippen molar-refractivity contribution in [2.75, 3.05) is 0 Å². The zero-order chi connectivity index (χ0) is 13.0. The maximum atomic E-state index is 11.4. The SMILES string of the molecule is CCCc1c(C(N)=O)nn(CCC)c1C(N)=O. The molecular weight excluding hydrogens is 220 g/mol. The van der Waals surface area contributed by atoms with Gasteiger partial charge in [-0.25, -0.2) is 0 Å². The van der Waals surface area contributed by atoms with Crippen LogP contribution >= 0.6 is 0 Å². The lowest BCUT2D eigenvalue weighted by Crippen LogP contribution is -2.19. The first kappa shape index (κ1) is 13.2. The Labute approximate surface area is 100.0 Å². The maximum absolute atomic E-state index is 11.4. The summed E-state index contributed by atoms with van der Waals surface area (Å²) in [5.74, 6) is -1.19. The third-order valence-electron chi connectivity index (χ3n) is 2.45. The number of carbonyl (C=O) groups excluding carboxylic acids is 2. The van der Waals surface area contributed by atoms with Gasteiger partial charge in [-0.2, -0.15) is 5.10 Å². The van der Waals surface area contributed by atoms with Crippen LogP contribution < -0.4 is 11.5 Å². The number of aryl methyl sites for hydroxylation is 1. The molecule has 4 N–H and O–H groups in total. The van der Waals surface area contributed by atoms with Crippen molar-refractivity contribution >= 4 is 11.8 Å². The zero-order valence-electron chi connectivity index (χ0n) is 10.2. The molecule has 0 aliphatic rings. The van der Waals surface area contributed by atoms with E-state index in [0.29, 0.717) is 24.2 Å². The summed E-state index contributed by atoms with van der Waals surface area (Å²) in [7, 11) is 0. The molecule has 0 radical (unpaired) electrons. The van der Waals surface area contributed by atoms with Gasteiger partial charge in [0.1, 0.15) is 5.69 Å². The molecule has 2 amide bonds. The fraction of sp³-hybridized carbons (Fsp3) is 0.545. The van der Waals surface area contributed by atoms with Crippen molar-refractivity contribution in [1.82, 2.24) is 9.78 Å². The van der Waals surface area contributed by atoms with Gasteiger partial charge in [0.25, 0.3) is 11.8 Å². The molecule has 0 aliphatic carbocycles. The largest absolute Gasteiger partial charge is 0.364 e. The predicted molar refractivity (Wildman–Crippen MR) is 63.5 cm³/mol. The van der Waals surface area contributed by atoms with Crippen molar-refractivity contribution in [3.05, 3.63) is 17.0 Å². The summed E-state index contributed by atoms with van der Waals surface area (Å²) in [6, 6.07) is 0. The Balaban J connectivity index is 3.37. The number of rotatable bonds is 6. The molecule has 1 rings (SSSR count).